The van der Waals surface area contributed by atoms with Crippen molar-refractivity contribution in [2.45, 2.75) is 72.1 Å². The highest BCUT2D eigenvalue weighted by molar-refractivity contribution is 5.84. The summed E-state index contributed by atoms with van der Waals surface area (Å²) in [7, 11) is 0. The van der Waals surface area contributed by atoms with Gasteiger partial charge in [-0.3, -0.25) is 4.79 Å². The molecule has 0 rings (SSSR count). The maximum absolute atomic E-state index is 12.0. The third-order valence-electron chi connectivity index (χ3n) is 2.03. The Kier molecular flexibility index (Phi) is 6.49. The van der Waals surface area contributed by atoms with Crippen LogP contribution in [-0.2, 0) is 19.1 Å². The van der Waals surface area contributed by atoms with Crippen LogP contribution in [0, 0.1) is 0 Å². The topological polar surface area (TPSA) is 64.6 Å². The molecule has 0 aromatic carbocycles. The fraction of sp³-hybridized carbons (Fsp3) is 0.857. The van der Waals surface area contributed by atoms with Gasteiger partial charge in [0.25, 0.3) is 0 Å². The van der Waals surface area contributed by atoms with E-state index < -0.39 is 17.6 Å². The molecular formula is C14H27NO4. The second-order valence-corrected chi connectivity index (χ2v) is 6.43. The van der Waals surface area contributed by atoms with Crippen LogP contribution in [0.4, 0.5) is 0 Å². The number of carbonyl (C=O) groups excluding carboxylic acids is 2. The van der Waals surface area contributed by atoms with E-state index >= 15 is 0 Å². The minimum absolute atomic E-state index is 0.101. The highest BCUT2D eigenvalue weighted by Gasteiger charge is 2.28. The van der Waals surface area contributed by atoms with E-state index in [4.69, 9.17) is 9.47 Å². The normalized spacial score (nSPS) is 13.8. The quantitative estimate of drug-likeness (QED) is 0.779. The molecule has 1 atom stereocenters. The number of carbonyl (C=O) groups is 2. The van der Waals surface area contributed by atoms with Crippen LogP contribution < -0.4 is 5.32 Å². The molecular weight excluding hydrogens is 246 g/mol. The average molecular weight is 273 g/mol. The number of ether oxygens (including phenoxy) is 2. The largest absolute Gasteiger partial charge is 0.458 e. The van der Waals surface area contributed by atoms with E-state index in [1.54, 1.807) is 27.7 Å². The summed E-state index contributed by atoms with van der Waals surface area (Å²) in [6, 6.07) is -0.772. The van der Waals surface area contributed by atoms with E-state index in [9.17, 15) is 9.59 Å². The molecule has 0 bridgehead atoms. The predicted molar refractivity (Wildman–Crippen MR) is 73.8 cm³/mol. The van der Waals surface area contributed by atoms with Crippen molar-refractivity contribution in [3.63, 3.8) is 0 Å². The number of amides is 1. The van der Waals surface area contributed by atoms with Gasteiger partial charge in [-0.1, -0.05) is 6.92 Å². The number of rotatable bonds is 5. The lowest BCUT2D eigenvalue weighted by Crippen LogP contribution is -2.47. The second-order valence-electron chi connectivity index (χ2n) is 6.43. The Morgan fingerprint density at radius 3 is 1.95 bits per heavy atom. The van der Waals surface area contributed by atoms with Crippen molar-refractivity contribution in [1.82, 2.24) is 5.32 Å². The zero-order valence-electron chi connectivity index (χ0n) is 13.1. The standard InChI is InChI=1S/C14H27NO4/c1-8-11(16)15-10(9-18-13(2,3)4)12(17)19-14(5,6)7/h10H,8-9H2,1-7H3,(H,15,16)/t10-/m0/s1. The summed E-state index contributed by atoms with van der Waals surface area (Å²) in [4.78, 5) is 23.5. The highest BCUT2D eigenvalue weighted by Crippen LogP contribution is 2.11. The molecule has 1 N–H and O–H groups in total. The Morgan fingerprint density at radius 1 is 1.05 bits per heavy atom. The first-order valence-electron chi connectivity index (χ1n) is 6.61. The lowest BCUT2D eigenvalue weighted by molar-refractivity contribution is -0.161. The molecule has 5 nitrogen and oxygen atoms in total. The number of hydrogen-bond donors (Lipinski definition) is 1. The van der Waals surface area contributed by atoms with Gasteiger partial charge in [0, 0.05) is 6.42 Å². The minimum atomic E-state index is -0.772. The van der Waals surface area contributed by atoms with E-state index in [1.165, 1.54) is 0 Å². The summed E-state index contributed by atoms with van der Waals surface area (Å²) in [6.45, 7) is 12.9. The maximum Gasteiger partial charge on any atom is 0.331 e. The van der Waals surface area contributed by atoms with Gasteiger partial charge in [-0.2, -0.15) is 0 Å². The van der Waals surface area contributed by atoms with Crippen LogP contribution in [-0.4, -0.2) is 35.7 Å². The van der Waals surface area contributed by atoms with Gasteiger partial charge in [-0.25, -0.2) is 4.79 Å². The van der Waals surface area contributed by atoms with Gasteiger partial charge in [0.05, 0.1) is 12.2 Å². The molecule has 0 aliphatic carbocycles. The van der Waals surface area contributed by atoms with E-state index in [2.05, 4.69) is 5.32 Å². The molecule has 112 valence electrons. The van der Waals surface area contributed by atoms with Crippen LogP contribution >= 0.6 is 0 Å². The number of esters is 1. The molecule has 0 saturated carbocycles. The van der Waals surface area contributed by atoms with Crippen molar-refractivity contribution in [3.05, 3.63) is 0 Å². The molecule has 0 aliphatic heterocycles. The Hall–Kier alpha value is -1.10. The van der Waals surface area contributed by atoms with Gasteiger partial charge in [-0.05, 0) is 41.5 Å². The summed E-state index contributed by atoms with van der Waals surface area (Å²) in [5, 5.41) is 2.62. The Balaban J connectivity index is 4.66. The Morgan fingerprint density at radius 2 is 1.58 bits per heavy atom. The fourth-order valence-electron chi connectivity index (χ4n) is 1.17. The zero-order chi connectivity index (χ0) is 15.3. The van der Waals surface area contributed by atoms with Crippen LogP contribution in [0.15, 0.2) is 0 Å². The van der Waals surface area contributed by atoms with Crippen LogP contribution in [0.1, 0.15) is 54.9 Å². The van der Waals surface area contributed by atoms with Crippen LogP contribution in [0.5, 0.6) is 0 Å². The zero-order valence-corrected chi connectivity index (χ0v) is 13.1. The third-order valence-corrected chi connectivity index (χ3v) is 2.03. The predicted octanol–water partition coefficient (Wildman–Crippen LogP) is 2.04. The molecule has 0 aliphatic rings. The van der Waals surface area contributed by atoms with Gasteiger partial charge in [0.15, 0.2) is 6.04 Å². The second kappa shape index (κ2) is 6.89. The Labute approximate surface area is 116 Å². The first-order chi connectivity index (χ1) is 8.44. The SMILES string of the molecule is CCC(=O)N[C@@H](COC(C)(C)C)C(=O)OC(C)(C)C. The molecule has 0 spiro atoms. The lowest BCUT2D eigenvalue weighted by Gasteiger charge is -2.27. The lowest BCUT2D eigenvalue weighted by atomic mass is 10.1. The maximum atomic E-state index is 12.0. The molecule has 0 aromatic rings. The fourth-order valence-corrected chi connectivity index (χ4v) is 1.17. The first-order valence-corrected chi connectivity index (χ1v) is 6.61. The monoisotopic (exact) mass is 273 g/mol. The van der Waals surface area contributed by atoms with E-state index in [0.717, 1.165) is 0 Å². The van der Waals surface area contributed by atoms with Crippen molar-refractivity contribution in [1.29, 1.82) is 0 Å². The molecule has 5 heteroatoms. The third kappa shape index (κ3) is 9.47. The smallest absolute Gasteiger partial charge is 0.331 e. The molecule has 0 radical (unpaired) electrons. The van der Waals surface area contributed by atoms with Crippen molar-refractivity contribution in [2.75, 3.05) is 6.61 Å². The molecule has 0 heterocycles. The Bertz CT molecular complexity index is 312. The van der Waals surface area contributed by atoms with Gasteiger partial charge >= 0.3 is 5.97 Å². The summed E-state index contributed by atoms with van der Waals surface area (Å²) in [6.07, 6.45) is 0.314. The van der Waals surface area contributed by atoms with Gasteiger partial charge in [-0.15, -0.1) is 0 Å². The van der Waals surface area contributed by atoms with Crippen molar-refractivity contribution < 1.29 is 19.1 Å². The molecule has 19 heavy (non-hydrogen) atoms. The number of nitrogens with one attached hydrogen (secondary N) is 1. The summed E-state index contributed by atoms with van der Waals surface area (Å²) < 4.78 is 10.8. The van der Waals surface area contributed by atoms with Gasteiger partial charge in [0.2, 0.25) is 5.91 Å². The van der Waals surface area contributed by atoms with Crippen molar-refractivity contribution in [3.8, 4) is 0 Å². The van der Waals surface area contributed by atoms with Crippen LogP contribution in [0.2, 0.25) is 0 Å². The molecule has 0 saturated heterocycles. The molecule has 0 fully saturated rings. The average Bonchev–Trinajstić information content (AvgIpc) is 2.19. The van der Waals surface area contributed by atoms with E-state index in [-0.39, 0.29) is 18.1 Å². The summed E-state index contributed by atoms with van der Waals surface area (Å²) in [5.74, 6) is -0.674. The van der Waals surface area contributed by atoms with Crippen molar-refractivity contribution in [2.24, 2.45) is 0 Å². The van der Waals surface area contributed by atoms with E-state index in [1.807, 2.05) is 20.8 Å². The summed E-state index contributed by atoms with van der Waals surface area (Å²) >= 11 is 0. The highest BCUT2D eigenvalue weighted by atomic mass is 16.6. The number of hydrogen-bond acceptors (Lipinski definition) is 4. The van der Waals surface area contributed by atoms with Crippen molar-refractivity contribution >= 4 is 11.9 Å². The van der Waals surface area contributed by atoms with Gasteiger partial charge < -0.3 is 14.8 Å². The van der Waals surface area contributed by atoms with Crippen LogP contribution in [0.25, 0.3) is 0 Å². The molecule has 0 aromatic heterocycles. The van der Waals surface area contributed by atoms with E-state index in [0.29, 0.717) is 6.42 Å². The molecule has 0 unspecified atom stereocenters. The minimum Gasteiger partial charge on any atom is -0.458 e. The van der Waals surface area contributed by atoms with Gasteiger partial charge in [0.1, 0.15) is 5.60 Å². The first kappa shape index (κ1) is 17.9. The summed E-state index contributed by atoms with van der Waals surface area (Å²) in [5.41, 5.74) is -0.967. The molecule has 1 amide bonds. The van der Waals surface area contributed by atoms with Crippen LogP contribution in [0.3, 0.4) is 0 Å².